The molecule has 2 unspecified atom stereocenters. The molecule has 1 amide bonds. The number of nitrogens with one attached hydrogen (secondary N) is 1. The van der Waals surface area contributed by atoms with Crippen LogP contribution in [-0.2, 0) is 4.79 Å². The van der Waals surface area contributed by atoms with Crippen molar-refractivity contribution < 1.29 is 4.79 Å². The molecule has 0 aromatic heterocycles. The summed E-state index contributed by atoms with van der Waals surface area (Å²) < 4.78 is 0. The number of amides is 1. The highest BCUT2D eigenvalue weighted by molar-refractivity contribution is 5.84. The lowest BCUT2D eigenvalue weighted by Crippen LogP contribution is -2.49. The molecule has 1 aliphatic carbocycles. The molecular weight excluding hydrogens is 248 g/mol. The number of carbonyl (C=O) groups is 1. The van der Waals surface area contributed by atoms with Crippen LogP contribution >= 0.6 is 0 Å². The van der Waals surface area contributed by atoms with E-state index < -0.39 is 0 Å². The summed E-state index contributed by atoms with van der Waals surface area (Å²) in [6, 6.07) is 0.0383. The quantitative estimate of drug-likeness (QED) is 0.809. The minimum atomic E-state index is 0.0383. The Morgan fingerprint density at radius 2 is 1.95 bits per heavy atom. The molecule has 1 saturated heterocycles. The molecule has 0 spiro atoms. The highest BCUT2D eigenvalue weighted by atomic mass is 16.2. The maximum Gasteiger partial charge on any atom is 0.241 e. The van der Waals surface area contributed by atoms with Crippen molar-refractivity contribution >= 4 is 5.91 Å². The first kappa shape index (κ1) is 15.8. The Bertz CT molecular complexity index is 341. The number of rotatable bonds is 6. The number of nitrogens with zero attached hydrogens (tertiary/aromatic N) is 1. The molecule has 0 aromatic rings. The summed E-state index contributed by atoms with van der Waals surface area (Å²) >= 11 is 0. The van der Waals surface area contributed by atoms with Crippen LogP contribution in [0.25, 0.3) is 0 Å². The Balaban J connectivity index is 2.09. The van der Waals surface area contributed by atoms with Crippen molar-refractivity contribution in [3.05, 3.63) is 0 Å². The van der Waals surface area contributed by atoms with E-state index in [1.54, 1.807) is 0 Å². The first-order chi connectivity index (χ1) is 9.38. The highest BCUT2D eigenvalue weighted by Gasteiger charge is 2.45. The summed E-state index contributed by atoms with van der Waals surface area (Å²) in [6.45, 7) is 12.1. The van der Waals surface area contributed by atoms with Gasteiger partial charge in [0.25, 0.3) is 0 Å². The van der Waals surface area contributed by atoms with E-state index in [0.717, 1.165) is 13.0 Å². The SMILES string of the molecule is CCC1(CN2C(=O)C(CC(C)C)NC2C(C)C)CCC1. The smallest absolute Gasteiger partial charge is 0.241 e. The summed E-state index contributed by atoms with van der Waals surface area (Å²) in [5, 5.41) is 3.59. The lowest BCUT2D eigenvalue weighted by atomic mass is 9.66. The average molecular weight is 280 g/mol. The molecular formula is C17H32N2O. The standard InChI is InChI=1S/C17H32N2O/c1-6-17(8-7-9-17)11-19-15(13(4)5)18-14(16(19)20)10-12(2)3/h12-15,18H,6-11H2,1-5H3. The molecule has 20 heavy (non-hydrogen) atoms. The Morgan fingerprint density at radius 1 is 1.30 bits per heavy atom. The van der Waals surface area contributed by atoms with Crippen molar-refractivity contribution in [1.82, 2.24) is 10.2 Å². The lowest BCUT2D eigenvalue weighted by Gasteiger charge is -2.45. The van der Waals surface area contributed by atoms with E-state index in [1.807, 2.05) is 0 Å². The lowest BCUT2D eigenvalue weighted by molar-refractivity contribution is -0.133. The summed E-state index contributed by atoms with van der Waals surface area (Å²) in [4.78, 5) is 14.9. The van der Waals surface area contributed by atoms with Gasteiger partial charge in [-0.1, -0.05) is 41.0 Å². The van der Waals surface area contributed by atoms with Gasteiger partial charge in [-0.25, -0.2) is 0 Å². The van der Waals surface area contributed by atoms with Crippen molar-refractivity contribution in [2.45, 2.75) is 78.9 Å². The molecule has 2 atom stereocenters. The first-order valence-corrected chi connectivity index (χ1v) is 8.45. The predicted octanol–water partition coefficient (Wildman–Crippen LogP) is 3.40. The summed E-state index contributed by atoms with van der Waals surface area (Å²) in [7, 11) is 0. The van der Waals surface area contributed by atoms with Gasteiger partial charge in [0.1, 0.15) is 0 Å². The largest absolute Gasteiger partial charge is 0.325 e. The normalized spacial score (nSPS) is 29.4. The first-order valence-electron chi connectivity index (χ1n) is 8.45. The molecule has 3 heteroatoms. The molecule has 0 bridgehead atoms. The topological polar surface area (TPSA) is 32.3 Å². The fourth-order valence-corrected chi connectivity index (χ4v) is 3.74. The molecule has 2 rings (SSSR count). The van der Waals surface area contributed by atoms with Gasteiger partial charge in [-0.3, -0.25) is 10.1 Å². The predicted molar refractivity (Wildman–Crippen MR) is 83.3 cm³/mol. The van der Waals surface area contributed by atoms with Crippen LogP contribution < -0.4 is 5.32 Å². The number of hydrogen-bond donors (Lipinski definition) is 1. The molecule has 2 aliphatic rings. The van der Waals surface area contributed by atoms with Gasteiger partial charge in [0, 0.05) is 6.54 Å². The summed E-state index contributed by atoms with van der Waals surface area (Å²) in [5.74, 6) is 1.38. The van der Waals surface area contributed by atoms with Crippen LogP contribution in [-0.4, -0.2) is 29.6 Å². The van der Waals surface area contributed by atoms with Gasteiger partial charge in [0.2, 0.25) is 5.91 Å². The fourth-order valence-electron chi connectivity index (χ4n) is 3.74. The third-order valence-corrected chi connectivity index (χ3v) is 5.30. The second kappa shape index (κ2) is 6.05. The van der Waals surface area contributed by atoms with E-state index in [-0.39, 0.29) is 12.2 Å². The van der Waals surface area contributed by atoms with Crippen molar-refractivity contribution in [1.29, 1.82) is 0 Å². The third-order valence-electron chi connectivity index (χ3n) is 5.30. The second-order valence-corrected chi connectivity index (χ2v) is 7.71. The van der Waals surface area contributed by atoms with Crippen molar-refractivity contribution in [2.24, 2.45) is 17.3 Å². The second-order valence-electron chi connectivity index (χ2n) is 7.71. The van der Waals surface area contributed by atoms with Crippen LogP contribution in [0.3, 0.4) is 0 Å². The van der Waals surface area contributed by atoms with Crippen LogP contribution in [0.4, 0.5) is 0 Å². The van der Waals surface area contributed by atoms with Gasteiger partial charge in [-0.2, -0.15) is 0 Å². The van der Waals surface area contributed by atoms with Crippen LogP contribution in [0, 0.1) is 17.3 Å². The van der Waals surface area contributed by atoms with Crippen LogP contribution in [0.1, 0.15) is 66.7 Å². The number of hydrogen-bond acceptors (Lipinski definition) is 2. The average Bonchev–Trinajstić information content (AvgIpc) is 2.61. The molecule has 1 saturated carbocycles. The molecule has 0 radical (unpaired) electrons. The molecule has 0 aromatic carbocycles. The molecule has 116 valence electrons. The molecule has 2 fully saturated rings. The van der Waals surface area contributed by atoms with E-state index in [4.69, 9.17) is 0 Å². The monoisotopic (exact) mass is 280 g/mol. The van der Waals surface area contributed by atoms with Gasteiger partial charge in [0.15, 0.2) is 0 Å². The zero-order valence-corrected chi connectivity index (χ0v) is 13.9. The third kappa shape index (κ3) is 3.03. The van der Waals surface area contributed by atoms with Gasteiger partial charge in [-0.15, -0.1) is 0 Å². The Morgan fingerprint density at radius 3 is 2.35 bits per heavy atom. The molecule has 1 heterocycles. The van der Waals surface area contributed by atoms with Crippen molar-refractivity contribution in [2.75, 3.05) is 6.54 Å². The van der Waals surface area contributed by atoms with Gasteiger partial charge < -0.3 is 4.90 Å². The zero-order chi connectivity index (χ0) is 14.9. The minimum absolute atomic E-state index is 0.0383. The zero-order valence-electron chi connectivity index (χ0n) is 13.9. The van der Waals surface area contributed by atoms with E-state index in [2.05, 4.69) is 44.8 Å². The van der Waals surface area contributed by atoms with Gasteiger partial charge >= 0.3 is 0 Å². The molecule has 3 nitrogen and oxygen atoms in total. The fraction of sp³-hybridized carbons (Fsp3) is 0.941. The van der Waals surface area contributed by atoms with Crippen LogP contribution in [0.2, 0.25) is 0 Å². The van der Waals surface area contributed by atoms with Gasteiger partial charge in [-0.05, 0) is 42.9 Å². The summed E-state index contributed by atoms with van der Waals surface area (Å²) in [5.41, 5.74) is 0.414. The molecule has 1 aliphatic heterocycles. The van der Waals surface area contributed by atoms with Crippen LogP contribution in [0.5, 0.6) is 0 Å². The van der Waals surface area contributed by atoms with Gasteiger partial charge in [0.05, 0.1) is 12.2 Å². The Kier molecular flexibility index (Phi) is 4.78. The Labute approximate surface area is 124 Å². The Hall–Kier alpha value is -0.570. The number of carbonyl (C=O) groups excluding carboxylic acids is 1. The minimum Gasteiger partial charge on any atom is -0.325 e. The van der Waals surface area contributed by atoms with Crippen molar-refractivity contribution in [3.8, 4) is 0 Å². The summed E-state index contributed by atoms with van der Waals surface area (Å²) in [6.07, 6.45) is 6.33. The van der Waals surface area contributed by atoms with Crippen LogP contribution in [0.15, 0.2) is 0 Å². The van der Waals surface area contributed by atoms with E-state index >= 15 is 0 Å². The maximum atomic E-state index is 12.8. The maximum absolute atomic E-state index is 12.8. The van der Waals surface area contributed by atoms with E-state index in [9.17, 15) is 4.79 Å². The highest BCUT2D eigenvalue weighted by Crippen LogP contribution is 2.45. The van der Waals surface area contributed by atoms with E-state index in [1.165, 1.54) is 25.7 Å². The van der Waals surface area contributed by atoms with Crippen molar-refractivity contribution in [3.63, 3.8) is 0 Å². The molecule has 1 N–H and O–H groups in total. The van der Waals surface area contributed by atoms with E-state index in [0.29, 0.717) is 23.2 Å².